The Morgan fingerprint density at radius 2 is 2.06 bits per heavy atom. The Kier molecular flexibility index (Phi) is 2.71. The Labute approximate surface area is 96.3 Å². The Morgan fingerprint density at radius 3 is 2.53 bits per heavy atom. The molecule has 7 heteroatoms. The number of alkyl halides is 2. The molecule has 2 rings (SSSR count). The number of esters is 1. The number of carbonyl (C=O) groups is 2. The van der Waals surface area contributed by atoms with E-state index < -0.39 is 42.6 Å². The lowest BCUT2D eigenvalue weighted by atomic mass is 10.00. The molecule has 5 nitrogen and oxygen atoms in total. The fourth-order valence-electron chi connectivity index (χ4n) is 2.76. The molecule has 0 aromatic carbocycles. The first-order valence-electron chi connectivity index (χ1n) is 5.37. The summed E-state index contributed by atoms with van der Waals surface area (Å²) in [6.07, 6.45) is -2.40. The summed E-state index contributed by atoms with van der Waals surface area (Å²) in [5.74, 6) is -3.56. The highest BCUT2D eigenvalue weighted by atomic mass is 19.3. The zero-order valence-corrected chi connectivity index (χ0v) is 9.23. The van der Waals surface area contributed by atoms with Gasteiger partial charge in [0.05, 0.1) is 0 Å². The van der Waals surface area contributed by atoms with Crippen LogP contribution in [0.15, 0.2) is 0 Å². The Balaban J connectivity index is 2.17. The van der Waals surface area contributed by atoms with Gasteiger partial charge in [-0.05, 0) is 0 Å². The summed E-state index contributed by atoms with van der Waals surface area (Å²) in [5, 5.41) is 8.90. The number of nitrogens with zero attached hydrogens (tertiary/aromatic N) is 1. The van der Waals surface area contributed by atoms with E-state index in [-0.39, 0.29) is 12.8 Å². The van der Waals surface area contributed by atoms with E-state index in [1.54, 1.807) is 0 Å². The first kappa shape index (κ1) is 12.1. The van der Waals surface area contributed by atoms with Crippen molar-refractivity contribution in [1.29, 1.82) is 0 Å². The van der Waals surface area contributed by atoms with Crippen molar-refractivity contribution in [3.8, 4) is 0 Å². The van der Waals surface area contributed by atoms with Gasteiger partial charge in [0.25, 0.3) is 5.92 Å². The molecule has 2 aliphatic heterocycles. The van der Waals surface area contributed by atoms with Gasteiger partial charge in [-0.15, -0.1) is 0 Å². The van der Waals surface area contributed by atoms with E-state index in [1.807, 2.05) is 0 Å². The van der Waals surface area contributed by atoms with E-state index in [2.05, 4.69) is 0 Å². The summed E-state index contributed by atoms with van der Waals surface area (Å²) in [4.78, 5) is 22.5. The molecule has 96 valence electrons. The number of ether oxygens (including phenoxy) is 1. The van der Waals surface area contributed by atoms with Crippen LogP contribution in [0.4, 0.5) is 13.6 Å². The van der Waals surface area contributed by atoms with E-state index >= 15 is 0 Å². The van der Waals surface area contributed by atoms with Crippen LogP contribution in [0.5, 0.6) is 0 Å². The quantitative estimate of drug-likeness (QED) is 0.714. The summed E-state index contributed by atoms with van der Waals surface area (Å²) in [6.45, 7) is 1.21. The van der Waals surface area contributed by atoms with Crippen LogP contribution < -0.4 is 0 Å². The third-order valence-corrected chi connectivity index (χ3v) is 3.30. The molecule has 2 bridgehead atoms. The number of amides is 1. The minimum Gasteiger partial charge on any atom is -0.465 e. The van der Waals surface area contributed by atoms with Gasteiger partial charge >= 0.3 is 12.1 Å². The Hall–Kier alpha value is -1.40. The van der Waals surface area contributed by atoms with Gasteiger partial charge in [0.1, 0.15) is 12.1 Å². The van der Waals surface area contributed by atoms with Crippen LogP contribution in [0, 0.1) is 0 Å². The molecular weight excluding hydrogens is 236 g/mol. The lowest BCUT2D eigenvalue weighted by Gasteiger charge is -2.36. The van der Waals surface area contributed by atoms with Crippen LogP contribution in [0.1, 0.15) is 26.2 Å². The first-order chi connectivity index (χ1) is 7.81. The normalized spacial score (nSPS) is 34.5. The van der Waals surface area contributed by atoms with E-state index in [0.717, 1.165) is 4.90 Å². The average Bonchev–Trinajstić information content (AvgIpc) is 2.29. The summed E-state index contributed by atoms with van der Waals surface area (Å²) in [6, 6.07) is -2.13. The van der Waals surface area contributed by atoms with E-state index in [4.69, 9.17) is 9.84 Å². The summed E-state index contributed by atoms with van der Waals surface area (Å²) >= 11 is 0. The lowest BCUT2D eigenvalue weighted by Crippen LogP contribution is -2.51. The molecule has 3 atom stereocenters. The van der Waals surface area contributed by atoms with Crippen molar-refractivity contribution >= 4 is 12.1 Å². The standard InChI is InChI=1S/C10H13F2NO4/c1-5(14)17-7-2-6-4-10(11,12)8(3-7)13(6)9(15)16/h6-8H,2-4H2,1H3,(H,15,16)/t6-,7+,8+/m0/s1. The van der Waals surface area contributed by atoms with Gasteiger partial charge in [-0.2, -0.15) is 0 Å². The first-order valence-corrected chi connectivity index (χ1v) is 5.37. The maximum absolute atomic E-state index is 13.6. The predicted octanol–water partition coefficient (Wildman–Crippen LogP) is 1.47. The zero-order chi connectivity index (χ0) is 12.8. The molecule has 1 N–H and O–H groups in total. The number of hydrogen-bond donors (Lipinski definition) is 1. The largest absolute Gasteiger partial charge is 0.465 e. The van der Waals surface area contributed by atoms with Gasteiger partial charge in [0.15, 0.2) is 0 Å². The second kappa shape index (κ2) is 3.82. The van der Waals surface area contributed by atoms with Crippen molar-refractivity contribution in [3.63, 3.8) is 0 Å². The molecule has 0 aromatic heterocycles. The Morgan fingerprint density at radius 1 is 1.41 bits per heavy atom. The summed E-state index contributed by atoms with van der Waals surface area (Å²) < 4.78 is 32.1. The maximum atomic E-state index is 13.6. The zero-order valence-electron chi connectivity index (χ0n) is 9.23. The van der Waals surface area contributed by atoms with Crippen molar-refractivity contribution in [1.82, 2.24) is 4.90 Å². The minimum atomic E-state index is -3.03. The van der Waals surface area contributed by atoms with Crippen LogP contribution in [-0.4, -0.2) is 46.2 Å². The fraction of sp³-hybridized carbons (Fsp3) is 0.800. The van der Waals surface area contributed by atoms with Gasteiger partial charge in [-0.3, -0.25) is 9.69 Å². The van der Waals surface area contributed by atoms with Crippen LogP contribution in [0.25, 0.3) is 0 Å². The molecule has 2 saturated heterocycles. The summed E-state index contributed by atoms with van der Waals surface area (Å²) in [7, 11) is 0. The van der Waals surface area contributed by atoms with Crippen molar-refractivity contribution in [2.45, 2.75) is 50.3 Å². The van der Waals surface area contributed by atoms with E-state index in [9.17, 15) is 18.4 Å². The average molecular weight is 249 g/mol. The highest BCUT2D eigenvalue weighted by Crippen LogP contribution is 2.46. The maximum Gasteiger partial charge on any atom is 0.408 e. The SMILES string of the molecule is CC(=O)O[C@@H]1C[C@H]2CC(F)(F)[C@@H](C1)N2C(=O)O. The molecule has 2 fully saturated rings. The van der Waals surface area contributed by atoms with Gasteiger partial charge in [0.2, 0.25) is 0 Å². The molecule has 0 spiro atoms. The number of halogens is 2. The number of hydrogen-bond acceptors (Lipinski definition) is 3. The molecule has 0 saturated carbocycles. The molecule has 0 radical (unpaired) electrons. The monoisotopic (exact) mass is 249 g/mol. The number of piperidine rings is 1. The number of rotatable bonds is 1. The molecule has 0 aromatic rings. The minimum absolute atomic E-state index is 0.130. The van der Waals surface area contributed by atoms with Crippen LogP contribution in [-0.2, 0) is 9.53 Å². The second-order valence-electron chi connectivity index (χ2n) is 4.53. The smallest absolute Gasteiger partial charge is 0.408 e. The van der Waals surface area contributed by atoms with Gasteiger partial charge < -0.3 is 9.84 Å². The fourth-order valence-corrected chi connectivity index (χ4v) is 2.76. The number of fused-ring (bicyclic) bond motifs is 2. The van der Waals surface area contributed by atoms with Crippen molar-refractivity contribution in [3.05, 3.63) is 0 Å². The molecule has 1 amide bonds. The molecule has 2 heterocycles. The summed E-state index contributed by atoms with van der Waals surface area (Å²) in [5.41, 5.74) is 0. The topological polar surface area (TPSA) is 66.8 Å². The Bertz CT molecular complexity index is 360. The third-order valence-electron chi connectivity index (χ3n) is 3.30. The molecule has 0 aliphatic carbocycles. The van der Waals surface area contributed by atoms with Gasteiger partial charge in [0, 0.05) is 32.2 Å². The third kappa shape index (κ3) is 2.05. The van der Waals surface area contributed by atoms with E-state index in [1.165, 1.54) is 6.92 Å². The van der Waals surface area contributed by atoms with Crippen LogP contribution >= 0.6 is 0 Å². The lowest BCUT2D eigenvalue weighted by molar-refractivity contribution is -0.150. The number of carboxylic acid groups (broad SMARTS) is 1. The van der Waals surface area contributed by atoms with Crippen LogP contribution in [0.2, 0.25) is 0 Å². The molecule has 0 unspecified atom stereocenters. The molecular formula is C10H13F2NO4. The highest BCUT2D eigenvalue weighted by Gasteiger charge is 2.59. The van der Waals surface area contributed by atoms with Crippen molar-refractivity contribution in [2.24, 2.45) is 0 Å². The predicted molar refractivity (Wildman–Crippen MR) is 51.8 cm³/mol. The second-order valence-corrected chi connectivity index (χ2v) is 4.53. The van der Waals surface area contributed by atoms with E-state index in [0.29, 0.717) is 0 Å². The highest BCUT2D eigenvalue weighted by molar-refractivity contribution is 5.68. The van der Waals surface area contributed by atoms with Crippen molar-refractivity contribution < 1.29 is 28.2 Å². The van der Waals surface area contributed by atoms with Gasteiger partial charge in [-0.1, -0.05) is 0 Å². The van der Waals surface area contributed by atoms with Crippen molar-refractivity contribution in [2.75, 3.05) is 0 Å². The van der Waals surface area contributed by atoms with Crippen LogP contribution in [0.3, 0.4) is 0 Å². The molecule has 2 aliphatic rings. The molecule has 17 heavy (non-hydrogen) atoms. The van der Waals surface area contributed by atoms with Gasteiger partial charge in [-0.25, -0.2) is 13.6 Å². The number of carbonyl (C=O) groups excluding carboxylic acids is 1.